The SMILES string of the molecule is CC(N)C(=O)Nc1ccnn1C(C)C. The van der Waals surface area contributed by atoms with E-state index in [1.54, 1.807) is 23.9 Å². The van der Waals surface area contributed by atoms with Crippen molar-refractivity contribution in [1.82, 2.24) is 9.78 Å². The number of nitrogens with one attached hydrogen (secondary N) is 1. The van der Waals surface area contributed by atoms with Crippen molar-refractivity contribution in [1.29, 1.82) is 0 Å². The minimum atomic E-state index is -0.509. The van der Waals surface area contributed by atoms with Crippen LogP contribution in [0.4, 0.5) is 5.82 Å². The van der Waals surface area contributed by atoms with Gasteiger partial charge in [0, 0.05) is 12.1 Å². The number of nitrogens with zero attached hydrogens (tertiary/aromatic N) is 2. The van der Waals surface area contributed by atoms with Crippen molar-refractivity contribution in [3.63, 3.8) is 0 Å². The summed E-state index contributed by atoms with van der Waals surface area (Å²) in [5.74, 6) is 0.481. The van der Waals surface area contributed by atoms with Crippen molar-refractivity contribution in [2.24, 2.45) is 5.73 Å². The molecule has 5 heteroatoms. The summed E-state index contributed by atoms with van der Waals surface area (Å²) in [6.45, 7) is 5.63. The zero-order chi connectivity index (χ0) is 10.7. The number of hydrogen-bond donors (Lipinski definition) is 2. The van der Waals surface area contributed by atoms with Gasteiger partial charge >= 0.3 is 0 Å². The molecule has 1 heterocycles. The third kappa shape index (κ3) is 2.32. The maximum Gasteiger partial charge on any atom is 0.242 e. The number of aromatic nitrogens is 2. The van der Waals surface area contributed by atoms with Crippen molar-refractivity contribution in [3.05, 3.63) is 12.3 Å². The summed E-state index contributed by atoms with van der Waals surface area (Å²) in [6.07, 6.45) is 1.65. The lowest BCUT2D eigenvalue weighted by atomic mass is 10.3. The van der Waals surface area contributed by atoms with Gasteiger partial charge in [-0.05, 0) is 20.8 Å². The highest BCUT2D eigenvalue weighted by atomic mass is 16.2. The molecule has 0 saturated heterocycles. The molecule has 5 nitrogen and oxygen atoms in total. The monoisotopic (exact) mass is 196 g/mol. The standard InChI is InChI=1S/C9H16N4O/c1-6(2)13-8(4-5-11-13)12-9(14)7(3)10/h4-7H,10H2,1-3H3,(H,12,14). The molecule has 0 bridgehead atoms. The van der Waals surface area contributed by atoms with Crippen LogP contribution in [0.3, 0.4) is 0 Å². The zero-order valence-corrected chi connectivity index (χ0v) is 8.69. The minimum absolute atomic E-state index is 0.201. The first-order valence-corrected chi connectivity index (χ1v) is 4.62. The van der Waals surface area contributed by atoms with Gasteiger partial charge in [0.25, 0.3) is 0 Å². The summed E-state index contributed by atoms with van der Waals surface area (Å²) in [4.78, 5) is 11.3. The van der Waals surface area contributed by atoms with Crippen LogP contribution in [0.2, 0.25) is 0 Å². The molecule has 0 aromatic carbocycles. The predicted octanol–water partition coefficient (Wildman–Crippen LogP) is 0.750. The van der Waals surface area contributed by atoms with Gasteiger partial charge in [-0.1, -0.05) is 0 Å². The van der Waals surface area contributed by atoms with Gasteiger partial charge in [0.15, 0.2) is 0 Å². The highest BCUT2D eigenvalue weighted by Gasteiger charge is 2.11. The summed E-state index contributed by atoms with van der Waals surface area (Å²) < 4.78 is 1.74. The van der Waals surface area contributed by atoms with E-state index in [-0.39, 0.29) is 11.9 Å². The van der Waals surface area contributed by atoms with Gasteiger partial charge in [0.2, 0.25) is 5.91 Å². The molecule has 14 heavy (non-hydrogen) atoms. The van der Waals surface area contributed by atoms with E-state index in [0.29, 0.717) is 5.82 Å². The Morgan fingerprint density at radius 3 is 2.71 bits per heavy atom. The first-order chi connectivity index (χ1) is 6.52. The number of nitrogens with two attached hydrogens (primary N) is 1. The molecule has 0 aliphatic rings. The molecular weight excluding hydrogens is 180 g/mol. The lowest BCUT2D eigenvalue weighted by Gasteiger charge is -2.12. The average molecular weight is 196 g/mol. The molecule has 1 atom stereocenters. The van der Waals surface area contributed by atoms with Gasteiger partial charge in [-0.15, -0.1) is 0 Å². The molecule has 0 spiro atoms. The van der Waals surface area contributed by atoms with Crippen LogP contribution in [-0.2, 0) is 4.79 Å². The smallest absolute Gasteiger partial charge is 0.242 e. The number of amides is 1. The van der Waals surface area contributed by atoms with Crippen molar-refractivity contribution in [2.75, 3.05) is 5.32 Å². The molecule has 78 valence electrons. The van der Waals surface area contributed by atoms with Crippen LogP contribution in [-0.4, -0.2) is 21.7 Å². The van der Waals surface area contributed by atoms with Crippen molar-refractivity contribution < 1.29 is 4.79 Å². The average Bonchev–Trinajstić information content (AvgIpc) is 2.52. The van der Waals surface area contributed by atoms with Crippen LogP contribution >= 0.6 is 0 Å². The number of carbonyl (C=O) groups is 1. The van der Waals surface area contributed by atoms with Gasteiger partial charge in [0.05, 0.1) is 12.2 Å². The molecule has 0 saturated carbocycles. The Labute approximate surface area is 83.3 Å². The molecular formula is C9H16N4O. The van der Waals surface area contributed by atoms with E-state index >= 15 is 0 Å². The molecule has 0 radical (unpaired) electrons. The molecule has 1 unspecified atom stereocenters. The van der Waals surface area contributed by atoms with E-state index in [1.165, 1.54) is 0 Å². The van der Waals surface area contributed by atoms with E-state index in [1.807, 2.05) is 13.8 Å². The van der Waals surface area contributed by atoms with Crippen molar-refractivity contribution in [2.45, 2.75) is 32.9 Å². The maximum atomic E-state index is 11.3. The summed E-state index contributed by atoms with van der Waals surface area (Å²) in [6, 6.07) is 1.46. The van der Waals surface area contributed by atoms with Crippen molar-refractivity contribution >= 4 is 11.7 Å². The lowest BCUT2D eigenvalue weighted by Crippen LogP contribution is -2.33. The number of carbonyl (C=O) groups excluding carboxylic acids is 1. The first-order valence-electron chi connectivity index (χ1n) is 4.62. The Kier molecular flexibility index (Phi) is 3.24. The minimum Gasteiger partial charge on any atom is -0.320 e. The predicted molar refractivity (Wildman–Crippen MR) is 54.9 cm³/mol. The van der Waals surface area contributed by atoms with Crippen LogP contribution in [0.15, 0.2) is 12.3 Å². The van der Waals surface area contributed by atoms with E-state index < -0.39 is 6.04 Å². The fourth-order valence-corrected chi connectivity index (χ4v) is 1.06. The number of hydrogen-bond acceptors (Lipinski definition) is 3. The Hall–Kier alpha value is -1.36. The van der Waals surface area contributed by atoms with E-state index in [0.717, 1.165) is 0 Å². The number of rotatable bonds is 3. The number of anilines is 1. The normalized spacial score (nSPS) is 12.9. The van der Waals surface area contributed by atoms with E-state index in [4.69, 9.17) is 5.73 Å². The third-order valence-corrected chi connectivity index (χ3v) is 1.82. The molecule has 1 aromatic heterocycles. The molecule has 0 fully saturated rings. The van der Waals surface area contributed by atoms with Gasteiger partial charge in [-0.3, -0.25) is 4.79 Å². The Morgan fingerprint density at radius 2 is 2.21 bits per heavy atom. The van der Waals surface area contributed by atoms with Crippen LogP contribution < -0.4 is 11.1 Å². The summed E-state index contributed by atoms with van der Waals surface area (Å²) in [5.41, 5.74) is 5.44. The second-order valence-electron chi connectivity index (χ2n) is 3.53. The largest absolute Gasteiger partial charge is 0.320 e. The third-order valence-electron chi connectivity index (χ3n) is 1.82. The highest BCUT2D eigenvalue weighted by molar-refractivity contribution is 5.93. The Balaban J connectivity index is 2.76. The van der Waals surface area contributed by atoms with E-state index in [2.05, 4.69) is 10.4 Å². The van der Waals surface area contributed by atoms with Gasteiger partial charge in [-0.25, -0.2) is 4.68 Å². The topological polar surface area (TPSA) is 72.9 Å². The molecule has 0 aliphatic carbocycles. The van der Waals surface area contributed by atoms with Gasteiger partial charge in [0.1, 0.15) is 5.82 Å². The quantitative estimate of drug-likeness (QED) is 0.749. The molecule has 1 amide bonds. The first kappa shape index (κ1) is 10.7. The second-order valence-corrected chi connectivity index (χ2v) is 3.53. The molecule has 0 aliphatic heterocycles. The maximum absolute atomic E-state index is 11.3. The highest BCUT2D eigenvalue weighted by Crippen LogP contribution is 2.12. The van der Waals surface area contributed by atoms with E-state index in [9.17, 15) is 4.79 Å². The summed E-state index contributed by atoms with van der Waals surface area (Å²) >= 11 is 0. The summed E-state index contributed by atoms with van der Waals surface area (Å²) in [5, 5.41) is 6.80. The zero-order valence-electron chi connectivity index (χ0n) is 8.69. The molecule has 3 N–H and O–H groups in total. The Morgan fingerprint density at radius 1 is 1.57 bits per heavy atom. The van der Waals surface area contributed by atoms with Gasteiger partial charge < -0.3 is 11.1 Å². The molecule has 1 rings (SSSR count). The second kappa shape index (κ2) is 4.23. The van der Waals surface area contributed by atoms with Crippen LogP contribution in [0.25, 0.3) is 0 Å². The fourth-order valence-electron chi connectivity index (χ4n) is 1.06. The Bertz CT molecular complexity index is 316. The van der Waals surface area contributed by atoms with Crippen LogP contribution in [0.1, 0.15) is 26.8 Å². The molecule has 1 aromatic rings. The van der Waals surface area contributed by atoms with Crippen molar-refractivity contribution in [3.8, 4) is 0 Å². The summed E-state index contributed by atoms with van der Waals surface area (Å²) in [7, 11) is 0. The van der Waals surface area contributed by atoms with Crippen LogP contribution in [0, 0.1) is 0 Å². The van der Waals surface area contributed by atoms with Crippen LogP contribution in [0.5, 0.6) is 0 Å². The lowest BCUT2D eigenvalue weighted by molar-refractivity contribution is -0.117. The van der Waals surface area contributed by atoms with Gasteiger partial charge in [-0.2, -0.15) is 5.10 Å². The fraction of sp³-hybridized carbons (Fsp3) is 0.556.